The molecule has 3 aromatic rings. The van der Waals surface area contributed by atoms with Crippen molar-refractivity contribution in [1.29, 1.82) is 0 Å². The molecular formula is C31H35NO5. The van der Waals surface area contributed by atoms with Crippen LogP contribution in [0.15, 0.2) is 91.0 Å². The van der Waals surface area contributed by atoms with Gasteiger partial charge in [0.2, 0.25) is 0 Å². The lowest BCUT2D eigenvalue weighted by Crippen LogP contribution is -2.47. The Balaban J connectivity index is 1.28. The van der Waals surface area contributed by atoms with Gasteiger partial charge >= 0.3 is 0 Å². The van der Waals surface area contributed by atoms with Gasteiger partial charge in [0.15, 0.2) is 12.1 Å². The van der Waals surface area contributed by atoms with Gasteiger partial charge in [0.1, 0.15) is 18.3 Å². The van der Waals surface area contributed by atoms with Crippen LogP contribution in [0.4, 0.5) is 0 Å². The van der Waals surface area contributed by atoms with Crippen LogP contribution in [0.5, 0.6) is 0 Å². The first-order chi connectivity index (χ1) is 18.1. The highest BCUT2D eigenvalue weighted by atomic mass is 16.8. The Bertz CT molecular complexity index is 1140. The van der Waals surface area contributed by atoms with Crippen LogP contribution in [0.2, 0.25) is 0 Å². The molecule has 0 saturated carbocycles. The lowest BCUT2D eigenvalue weighted by molar-refractivity contribution is -0.216. The van der Waals surface area contributed by atoms with Gasteiger partial charge in [-0.25, -0.2) is 0 Å². The predicted octanol–water partition coefficient (Wildman–Crippen LogP) is 4.92. The van der Waals surface area contributed by atoms with Crippen LogP contribution in [-0.2, 0) is 43.4 Å². The molecule has 0 amide bonds. The molecule has 3 aliphatic heterocycles. The Morgan fingerprint density at radius 2 is 1.32 bits per heavy atom. The van der Waals surface area contributed by atoms with E-state index in [9.17, 15) is 0 Å². The summed E-state index contributed by atoms with van der Waals surface area (Å²) >= 11 is 0. The second kappa shape index (κ2) is 10.7. The minimum Gasteiger partial charge on any atom is -0.375 e. The number of ether oxygens (including phenoxy) is 5. The van der Waals surface area contributed by atoms with Gasteiger partial charge in [0.25, 0.3) is 0 Å². The highest BCUT2D eigenvalue weighted by Gasteiger charge is 2.64. The Hall–Kier alpha value is -2.58. The average Bonchev–Trinajstić information content (AvgIpc) is 3.49. The molecule has 0 N–H and O–H groups in total. The predicted molar refractivity (Wildman–Crippen MR) is 139 cm³/mol. The molecular weight excluding hydrogens is 466 g/mol. The molecule has 0 aliphatic carbocycles. The summed E-state index contributed by atoms with van der Waals surface area (Å²) in [6.07, 6.45) is -0.961. The van der Waals surface area contributed by atoms with Gasteiger partial charge in [-0.05, 0) is 30.5 Å². The van der Waals surface area contributed by atoms with E-state index in [2.05, 4.69) is 53.4 Å². The zero-order valence-corrected chi connectivity index (χ0v) is 21.4. The van der Waals surface area contributed by atoms with E-state index in [-0.39, 0.29) is 30.4 Å². The number of rotatable bonds is 9. The van der Waals surface area contributed by atoms with Gasteiger partial charge in [-0.15, -0.1) is 0 Å². The van der Waals surface area contributed by atoms with Crippen molar-refractivity contribution in [3.8, 4) is 0 Å². The van der Waals surface area contributed by atoms with Gasteiger partial charge in [-0.3, -0.25) is 4.90 Å². The minimum absolute atomic E-state index is 0.00178. The van der Waals surface area contributed by atoms with Crippen LogP contribution in [0, 0.1) is 0 Å². The van der Waals surface area contributed by atoms with Crippen molar-refractivity contribution in [2.75, 3.05) is 6.61 Å². The second-order valence-corrected chi connectivity index (χ2v) is 10.5. The van der Waals surface area contributed by atoms with E-state index < -0.39 is 12.1 Å². The minimum atomic E-state index is -0.680. The summed E-state index contributed by atoms with van der Waals surface area (Å²) in [5.41, 5.74) is 3.53. The van der Waals surface area contributed by atoms with Crippen molar-refractivity contribution in [2.24, 2.45) is 0 Å². The maximum Gasteiger partial charge on any atom is 0.189 e. The van der Waals surface area contributed by atoms with Crippen molar-refractivity contribution in [2.45, 2.75) is 76.1 Å². The Morgan fingerprint density at radius 1 is 0.730 bits per heavy atom. The van der Waals surface area contributed by atoms with E-state index in [4.69, 9.17) is 23.7 Å². The van der Waals surface area contributed by atoms with Crippen molar-refractivity contribution in [1.82, 2.24) is 4.90 Å². The van der Waals surface area contributed by atoms with Crippen molar-refractivity contribution in [3.63, 3.8) is 0 Å². The third-order valence-corrected chi connectivity index (χ3v) is 7.46. The lowest BCUT2D eigenvalue weighted by atomic mass is 10.1. The SMILES string of the molecule is CC1(C)OC2O[C@@H]3[C@H](OCc4ccccc4)[C@H](COCc4ccccc4)N(Cc4ccccc4)[C@@H]3C2O1. The maximum atomic E-state index is 6.65. The van der Waals surface area contributed by atoms with E-state index in [1.54, 1.807) is 0 Å². The van der Waals surface area contributed by atoms with Crippen LogP contribution in [0.1, 0.15) is 30.5 Å². The molecule has 0 bridgehead atoms. The largest absolute Gasteiger partial charge is 0.375 e. The monoisotopic (exact) mass is 501 g/mol. The highest BCUT2D eigenvalue weighted by Crippen LogP contribution is 2.46. The first-order valence-corrected chi connectivity index (χ1v) is 13.2. The van der Waals surface area contributed by atoms with Gasteiger partial charge < -0.3 is 23.7 Å². The number of hydrogen-bond acceptors (Lipinski definition) is 6. The van der Waals surface area contributed by atoms with E-state index in [1.807, 2.05) is 56.3 Å². The fourth-order valence-corrected chi connectivity index (χ4v) is 5.85. The zero-order chi connectivity index (χ0) is 25.2. The molecule has 37 heavy (non-hydrogen) atoms. The fourth-order valence-electron chi connectivity index (χ4n) is 5.85. The van der Waals surface area contributed by atoms with Crippen LogP contribution >= 0.6 is 0 Å². The highest BCUT2D eigenvalue weighted by molar-refractivity contribution is 5.19. The van der Waals surface area contributed by atoms with Crippen molar-refractivity contribution in [3.05, 3.63) is 108 Å². The molecule has 0 aromatic heterocycles. The molecule has 3 aliphatic rings. The summed E-state index contributed by atoms with van der Waals surface area (Å²) in [4.78, 5) is 2.47. The van der Waals surface area contributed by atoms with Crippen LogP contribution in [0.25, 0.3) is 0 Å². The first kappa shape index (κ1) is 24.7. The maximum absolute atomic E-state index is 6.65. The van der Waals surface area contributed by atoms with Gasteiger partial charge in [-0.1, -0.05) is 91.0 Å². The molecule has 6 heteroatoms. The average molecular weight is 502 g/mol. The molecule has 3 saturated heterocycles. The fraction of sp³-hybridized carbons (Fsp3) is 0.419. The standard InChI is InChI=1S/C31H35NO5/c1-31(2)36-29-26-28(35-30(29)37-31)27(34-20-24-16-10-5-11-17-24)25(21-33-19-23-14-8-4-9-15-23)32(26)18-22-12-6-3-7-13-22/h3-17,25-30H,18-21H2,1-2H3/t25-,26-,27+,28-,29?,30?/m0/s1. The smallest absolute Gasteiger partial charge is 0.189 e. The Kier molecular flexibility index (Phi) is 7.12. The summed E-state index contributed by atoms with van der Waals surface area (Å²) in [6, 6.07) is 31.1. The summed E-state index contributed by atoms with van der Waals surface area (Å²) in [6.45, 7) is 6.24. The number of nitrogens with zero attached hydrogens (tertiary/aromatic N) is 1. The Labute approximate surface area is 219 Å². The second-order valence-electron chi connectivity index (χ2n) is 10.5. The molecule has 6 rings (SSSR count). The van der Waals surface area contributed by atoms with E-state index in [1.165, 1.54) is 5.56 Å². The van der Waals surface area contributed by atoms with Crippen LogP contribution in [0.3, 0.4) is 0 Å². The molecule has 194 valence electrons. The number of likely N-dealkylation sites (tertiary alicyclic amines) is 1. The lowest BCUT2D eigenvalue weighted by Gasteiger charge is -2.33. The van der Waals surface area contributed by atoms with Gasteiger partial charge in [0, 0.05) is 6.54 Å². The molecule has 6 atom stereocenters. The van der Waals surface area contributed by atoms with Gasteiger partial charge in [0.05, 0.1) is 31.9 Å². The molecule has 0 spiro atoms. The van der Waals surface area contributed by atoms with E-state index in [0.29, 0.717) is 19.8 Å². The third kappa shape index (κ3) is 5.36. The first-order valence-electron chi connectivity index (χ1n) is 13.2. The molecule has 6 nitrogen and oxygen atoms in total. The van der Waals surface area contributed by atoms with E-state index >= 15 is 0 Å². The summed E-state index contributed by atoms with van der Waals surface area (Å²) < 4.78 is 32.0. The number of benzene rings is 3. The Morgan fingerprint density at radius 3 is 1.97 bits per heavy atom. The number of fused-ring (bicyclic) bond motifs is 3. The summed E-state index contributed by atoms with van der Waals surface area (Å²) in [5.74, 6) is -0.680. The molecule has 2 unspecified atom stereocenters. The quantitative estimate of drug-likeness (QED) is 0.415. The topological polar surface area (TPSA) is 49.4 Å². The van der Waals surface area contributed by atoms with E-state index in [0.717, 1.165) is 17.7 Å². The summed E-state index contributed by atoms with van der Waals surface area (Å²) in [7, 11) is 0. The normalized spacial score (nSPS) is 30.3. The van der Waals surface area contributed by atoms with Crippen LogP contribution in [-0.4, -0.2) is 54.0 Å². The molecule has 3 fully saturated rings. The molecule has 3 heterocycles. The molecule has 3 aromatic carbocycles. The number of hydrogen-bond donors (Lipinski definition) is 0. The molecule has 0 radical (unpaired) electrons. The van der Waals surface area contributed by atoms with Crippen molar-refractivity contribution < 1.29 is 23.7 Å². The summed E-state index contributed by atoms with van der Waals surface area (Å²) in [5, 5.41) is 0. The van der Waals surface area contributed by atoms with Crippen LogP contribution < -0.4 is 0 Å². The zero-order valence-electron chi connectivity index (χ0n) is 21.4. The van der Waals surface area contributed by atoms with Crippen molar-refractivity contribution >= 4 is 0 Å². The third-order valence-electron chi connectivity index (χ3n) is 7.46. The van der Waals surface area contributed by atoms with Gasteiger partial charge in [-0.2, -0.15) is 0 Å².